The van der Waals surface area contributed by atoms with E-state index in [4.69, 9.17) is 0 Å². The lowest BCUT2D eigenvalue weighted by atomic mass is 10.1. The smallest absolute Gasteiger partial charge is 0.0302 e. The maximum atomic E-state index is 3.81. The van der Waals surface area contributed by atoms with Crippen molar-refractivity contribution in [3.05, 3.63) is 21.4 Å². The predicted molar refractivity (Wildman–Crippen MR) is 83.9 cm³/mol. The first-order chi connectivity index (χ1) is 9.42. The minimum atomic E-state index is 0.782. The van der Waals surface area contributed by atoms with Crippen molar-refractivity contribution in [2.24, 2.45) is 0 Å². The molecule has 1 fully saturated rings. The minimum absolute atomic E-state index is 0.782. The monoisotopic (exact) mass is 277 g/mol. The molecular formula is C17H27NS. The molecule has 1 nitrogen and oxygen atoms in total. The Morgan fingerprint density at radius 1 is 0.947 bits per heavy atom. The Balaban J connectivity index is 1.54. The Bertz CT molecular complexity index is 364. The highest BCUT2D eigenvalue weighted by molar-refractivity contribution is 7.12. The number of rotatable bonds is 3. The molecule has 0 aliphatic heterocycles. The minimum Gasteiger partial charge on any atom is -0.309 e. The second-order valence-corrected chi connectivity index (χ2v) is 7.51. The molecule has 0 bridgehead atoms. The fourth-order valence-corrected chi connectivity index (χ4v) is 4.76. The number of aryl methyl sites for hydroxylation is 2. The van der Waals surface area contributed by atoms with Gasteiger partial charge in [0.25, 0.3) is 0 Å². The third-order valence-corrected chi connectivity index (χ3v) is 5.95. The molecule has 1 aromatic heterocycles. The molecule has 0 atom stereocenters. The lowest BCUT2D eigenvalue weighted by Crippen LogP contribution is -2.27. The Morgan fingerprint density at radius 2 is 1.68 bits per heavy atom. The van der Waals surface area contributed by atoms with E-state index >= 15 is 0 Å². The average Bonchev–Trinajstić information content (AvgIpc) is 2.64. The largest absolute Gasteiger partial charge is 0.309 e. The van der Waals surface area contributed by atoms with Gasteiger partial charge in [-0.25, -0.2) is 0 Å². The third-order valence-electron chi connectivity index (χ3n) is 4.72. The molecule has 2 heteroatoms. The summed E-state index contributed by atoms with van der Waals surface area (Å²) in [4.78, 5) is 3.27. The summed E-state index contributed by atoms with van der Waals surface area (Å²) in [5, 5.41) is 3.81. The van der Waals surface area contributed by atoms with Crippen LogP contribution in [0.15, 0.2) is 6.07 Å². The lowest BCUT2D eigenvalue weighted by molar-refractivity contribution is 0.461. The average molecular weight is 277 g/mol. The molecule has 19 heavy (non-hydrogen) atoms. The summed E-state index contributed by atoms with van der Waals surface area (Å²) in [6.07, 6.45) is 15.4. The molecule has 2 aliphatic carbocycles. The summed E-state index contributed by atoms with van der Waals surface area (Å²) in [7, 11) is 0. The first-order valence-corrected chi connectivity index (χ1v) is 9.07. The molecule has 0 amide bonds. The molecule has 1 heterocycles. The summed E-state index contributed by atoms with van der Waals surface area (Å²) in [6, 6.07) is 3.28. The molecule has 0 unspecified atom stereocenters. The zero-order chi connectivity index (χ0) is 12.9. The molecule has 3 rings (SSSR count). The Kier molecular flexibility index (Phi) is 4.95. The van der Waals surface area contributed by atoms with Gasteiger partial charge >= 0.3 is 0 Å². The van der Waals surface area contributed by atoms with Gasteiger partial charge in [0, 0.05) is 22.3 Å². The molecule has 106 valence electrons. The maximum absolute atomic E-state index is 3.81. The maximum Gasteiger partial charge on any atom is 0.0302 e. The molecule has 0 aromatic carbocycles. The first kappa shape index (κ1) is 13.6. The van der Waals surface area contributed by atoms with Gasteiger partial charge in [-0.1, -0.05) is 32.1 Å². The van der Waals surface area contributed by atoms with Crippen molar-refractivity contribution in [1.82, 2.24) is 5.32 Å². The van der Waals surface area contributed by atoms with Gasteiger partial charge in [0.2, 0.25) is 0 Å². The van der Waals surface area contributed by atoms with Gasteiger partial charge in [0.15, 0.2) is 0 Å². The molecule has 0 radical (unpaired) electrons. The quantitative estimate of drug-likeness (QED) is 0.616. The van der Waals surface area contributed by atoms with E-state index in [1.165, 1.54) is 70.6 Å². The summed E-state index contributed by atoms with van der Waals surface area (Å²) in [5.74, 6) is 0. The van der Waals surface area contributed by atoms with Crippen molar-refractivity contribution in [2.75, 3.05) is 0 Å². The van der Waals surface area contributed by atoms with Crippen molar-refractivity contribution in [1.29, 1.82) is 0 Å². The summed E-state index contributed by atoms with van der Waals surface area (Å²) in [5.41, 5.74) is 1.67. The van der Waals surface area contributed by atoms with Crippen LogP contribution in [0.5, 0.6) is 0 Å². The fraction of sp³-hybridized carbons (Fsp3) is 0.765. The Morgan fingerprint density at radius 3 is 2.53 bits per heavy atom. The van der Waals surface area contributed by atoms with Crippen LogP contribution in [0.25, 0.3) is 0 Å². The van der Waals surface area contributed by atoms with E-state index < -0.39 is 0 Å². The Labute approximate surface area is 121 Å². The van der Waals surface area contributed by atoms with Crippen molar-refractivity contribution >= 4 is 11.3 Å². The van der Waals surface area contributed by atoms with Crippen LogP contribution in [0, 0.1) is 0 Å². The third kappa shape index (κ3) is 3.82. The van der Waals surface area contributed by atoms with E-state index in [1.807, 2.05) is 0 Å². The van der Waals surface area contributed by atoms with Crippen LogP contribution < -0.4 is 5.32 Å². The van der Waals surface area contributed by atoms with E-state index in [-0.39, 0.29) is 0 Å². The molecule has 2 aliphatic rings. The van der Waals surface area contributed by atoms with Crippen LogP contribution in [0.4, 0.5) is 0 Å². The zero-order valence-electron chi connectivity index (χ0n) is 12.0. The zero-order valence-corrected chi connectivity index (χ0v) is 12.9. The van der Waals surface area contributed by atoms with Gasteiger partial charge in [0.05, 0.1) is 0 Å². The summed E-state index contributed by atoms with van der Waals surface area (Å²) < 4.78 is 0. The molecule has 1 N–H and O–H groups in total. The highest BCUT2D eigenvalue weighted by atomic mass is 32.1. The van der Waals surface area contributed by atoms with Gasteiger partial charge in [-0.2, -0.15) is 0 Å². The summed E-state index contributed by atoms with van der Waals surface area (Å²) >= 11 is 2.08. The number of hydrogen-bond donors (Lipinski definition) is 1. The molecule has 1 aromatic rings. The molecular weight excluding hydrogens is 250 g/mol. The van der Waals surface area contributed by atoms with Gasteiger partial charge in [-0.15, -0.1) is 11.3 Å². The second-order valence-electron chi connectivity index (χ2n) is 6.29. The first-order valence-electron chi connectivity index (χ1n) is 8.25. The van der Waals surface area contributed by atoms with Crippen molar-refractivity contribution in [2.45, 2.75) is 83.2 Å². The van der Waals surface area contributed by atoms with Crippen LogP contribution in [0.3, 0.4) is 0 Å². The Hall–Kier alpha value is -0.340. The van der Waals surface area contributed by atoms with Crippen LogP contribution in [0.1, 0.15) is 73.1 Å². The van der Waals surface area contributed by atoms with E-state index in [0.29, 0.717) is 0 Å². The molecule has 0 spiro atoms. The van der Waals surface area contributed by atoms with E-state index in [0.717, 1.165) is 12.6 Å². The lowest BCUT2D eigenvalue weighted by Gasteiger charge is -2.15. The van der Waals surface area contributed by atoms with Gasteiger partial charge in [-0.3, -0.25) is 0 Å². The standard InChI is InChI=1S/C17H27NS/c1-2-6-10-15(9-5-1)18-13-16-12-14-8-4-3-7-11-17(14)19-16/h12,15,18H,1-11,13H2. The second kappa shape index (κ2) is 6.90. The topological polar surface area (TPSA) is 12.0 Å². The fourth-order valence-electron chi connectivity index (χ4n) is 3.54. The number of fused-ring (bicyclic) bond motifs is 1. The SMILES string of the molecule is c1c(CNC2CCCCCC2)sc2c1CCCCC2. The molecule has 1 saturated carbocycles. The van der Waals surface area contributed by atoms with Crippen molar-refractivity contribution < 1.29 is 0 Å². The van der Waals surface area contributed by atoms with Crippen LogP contribution in [0.2, 0.25) is 0 Å². The number of nitrogens with one attached hydrogen (secondary N) is 1. The van der Waals surface area contributed by atoms with Crippen LogP contribution in [-0.2, 0) is 19.4 Å². The van der Waals surface area contributed by atoms with Crippen molar-refractivity contribution in [3.63, 3.8) is 0 Å². The van der Waals surface area contributed by atoms with Crippen LogP contribution >= 0.6 is 11.3 Å². The normalized spacial score (nSPS) is 21.7. The van der Waals surface area contributed by atoms with Gasteiger partial charge in [-0.05, 0) is 50.2 Å². The van der Waals surface area contributed by atoms with Crippen LogP contribution in [-0.4, -0.2) is 6.04 Å². The highest BCUT2D eigenvalue weighted by Crippen LogP contribution is 2.29. The van der Waals surface area contributed by atoms with Crippen molar-refractivity contribution in [3.8, 4) is 0 Å². The van der Waals surface area contributed by atoms with E-state index in [1.54, 1.807) is 15.3 Å². The van der Waals surface area contributed by atoms with E-state index in [9.17, 15) is 0 Å². The summed E-state index contributed by atoms with van der Waals surface area (Å²) in [6.45, 7) is 1.11. The molecule has 0 saturated heterocycles. The highest BCUT2D eigenvalue weighted by Gasteiger charge is 2.14. The van der Waals surface area contributed by atoms with Gasteiger partial charge < -0.3 is 5.32 Å². The van der Waals surface area contributed by atoms with E-state index in [2.05, 4.69) is 22.7 Å². The predicted octanol–water partition coefficient (Wildman–Crippen LogP) is 4.83. The number of hydrogen-bond acceptors (Lipinski definition) is 2. The number of thiophene rings is 1. The van der Waals surface area contributed by atoms with Gasteiger partial charge in [0.1, 0.15) is 0 Å².